The average molecular weight is 172 g/mol. The Labute approximate surface area is 75.6 Å². The Morgan fingerprint density at radius 1 is 0.833 bits per heavy atom. The lowest BCUT2D eigenvalue weighted by atomic mass is 10.2. The van der Waals surface area contributed by atoms with Crippen LogP contribution in [0.5, 0.6) is 0 Å². The Morgan fingerprint density at radius 2 is 1.17 bits per heavy atom. The van der Waals surface area contributed by atoms with Crippen molar-refractivity contribution in [2.45, 2.75) is 39.5 Å². The van der Waals surface area contributed by atoms with Crippen molar-refractivity contribution in [2.75, 3.05) is 14.2 Å². The molecule has 0 aromatic rings. The molecule has 0 bridgehead atoms. The molecule has 0 aromatic heterocycles. The fourth-order valence-corrected chi connectivity index (χ4v) is 1.16. The van der Waals surface area contributed by atoms with E-state index in [0.717, 1.165) is 37.2 Å². The second-order valence-electron chi connectivity index (χ2n) is 2.75. The normalized spacial score (nSPS) is 12.3. The maximum Gasteiger partial charge on any atom is 0.133 e. The number of methoxy groups -OCH3 is 2. The maximum atomic E-state index is 5.25. The molecule has 0 saturated carbocycles. The average Bonchev–Trinajstić information content (AvgIpc) is 2.11. The van der Waals surface area contributed by atoms with Gasteiger partial charge in [-0.3, -0.25) is 0 Å². The molecule has 0 aliphatic carbocycles. The molecule has 0 radical (unpaired) electrons. The summed E-state index contributed by atoms with van der Waals surface area (Å²) in [5, 5.41) is 0. The van der Waals surface area contributed by atoms with Gasteiger partial charge in [0, 0.05) is 12.8 Å². The number of allylic oxidation sites excluding steroid dienone is 2. The first-order valence-electron chi connectivity index (χ1n) is 4.60. The molecule has 0 saturated heterocycles. The van der Waals surface area contributed by atoms with Gasteiger partial charge in [0.25, 0.3) is 0 Å². The van der Waals surface area contributed by atoms with Gasteiger partial charge in [0.2, 0.25) is 0 Å². The van der Waals surface area contributed by atoms with Gasteiger partial charge in [-0.05, 0) is 12.8 Å². The first-order valence-corrected chi connectivity index (χ1v) is 4.60. The summed E-state index contributed by atoms with van der Waals surface area (Å²) in [6, 6.07) is 0. The van der Waals surface area contributed by atoms with Crippen molar-refractivity contribution in [3.05, 3.63) is 11.5 Å². The Bertz CT molecular complexity index is 123. The van der Waals surface area contributed by atoms with Crippen molar-refractivity contribution in [3.63, 3.8) is 0 Å². The van der Waals surface area contributed by atoms with Crippen LogP contribution in [0.15, 0.2) is 11.5 Å². The van der Waals surface area contributed by atoms with Gasteiger partial charge in [0.15, 0.2) is 0 Å². The van der Waals surface area contributed by atoms with Crippen LogP contribution in [0.3, 0.4) is 0 Å². The van der Waals surface area contributed by atoms with Crippen LogP contribution in [0.1, 0.15) is 39.5 Å². The van der Waals surface area contributed by atoms with Gasteiger partial charge >= 0.3 is 0 Å². The van der Waals surface area contributed by atoms with Crippen molar-refractivity contribution < 1.29 is 9.47 Å². The summed E-state index contributed by atoms with van der Waals surface area (Å²) in [7, 11) is 3.42. The van der Waals surface area contributed by atoms with Crippen LogP contribution in [0.25, 0.3) is 0 Å². The molecule has 0 unspecified atom stereocenters. The Morgan fingerprint density at radius 3 is 1.33 bits per heavy atom. The highest BCUT2D eigenvalue weighted by molar-refractivity contribution is 5.01. The monoisotopic (exact) mass is 172 g/mol. The Hall–Kier alpha value is -0.660. The van der Waals surface area contributed by atoms with E-state index >= 15 is 0 Å². The zero-order valence-electron chi connectivity index (χ0n) is 8.64. The van der Waals surface area contributed by atoms with Crippen LogP contribution in [-0.4, -0.2) is 14.2 Å². The highest BCUT2D eigenvalue weighted by atomic mass is 16.5. The molecule has 0 aliphatic heterocycles. The summed E-state index contributed by atoms with van der Waals surface area (Å²) in [5.41, 5.74) is 0. The van der Waals surface area contributed by atoms with Gasteiger partial charge < -0.3 is 9.47 Å². The van der Waals surface area contributed by atoms with Crippen molar-refractivity contribution in [1.82, 2.24) is 0 Å². The minimum absolute atomic E-state index is 0.972. The molecule has 0 atom stereocenters. The molecule has 72 valence electrons. The molecule has 0 spiro atoms. The van der Waals surface area contributed by atoms with Crippen LogP contribution in [0.4, 0.5) is 0 Å². The summed E-state index contributed by atoms with van der Waals surface area (Å²) >= 11 is 0. The fraction of sp³-hybridized carbons (Fsp3) is 0.800. The minimum atomic E-state index is 0.972. The van der Waals surface area contributed by atoms with E-state index in [9.17, 15) is 0 Å². The van der Waals surface area contributed by atoms with Gasteiger partial charge in [0.1, 0.15) is 11.5 Å². The van der Waals surface area contributed by atoms with Crippen LogP contribution < -0.4 is 0 Å². The number of ether oxygens (including phenoxy) is 2. The lowest BCUT2D eigenvalue weighted by Crippen LogP contribution is -1.97. The topological polar surface area (TPSA) is 18.5 Å². The zero-order chi connectivity index (χ0) is 9.40. The molecule has 0 amide bonds. The zero-order valence-corrected chi connectivity index (χ0v) is 8.64. The number of hydrogen-bond donors (Lipinski definition) is 0. The molecule has 12 heavy (non-hydrogen) atoms. The van der Waals surface area contributed by atoms with Gasteiger partial charge in [-0.25, -0.2) is 0 Å². The first-order chi connectivity index (χ1) is 5.79. The number of rotatable bonds is 6. The van der Waals surface area contributed by atoms with E-state index in [1.807, 2.05) is 0 Å². The molecule has 0 aromatic carbocycles. The molecule has 0 N–H and O–H groups in total. The van der Waals surface area contributed by atoms with Gasteiger partial charge in [-0.1, -0.05) is 13.8 Å². The number of hydrogen-bond acceptors (Lipinski definition) is 2. The molecule has 0 aliphatic rings. The molecule has 0 rings (SSSR count). The largest absolute Gasteiger partial charge is 0.498 e. The summed E-state index contributed by atoms with van der Waals surface area (Å²) in [4.78, 5) is 0. The van der Waals surface area contributed by atoms with Crippen LogP contribution in [0.2, 0.25) is 0 Å². The predicted molar refractivity (Wildman–Crippen MR) is 50.9 cm³/mol. The minimum Gasteiger partial charge on any atom is -0.498 e. The third-order valence-corrected chi connectivity index (χ3v) is 1.76. The predicted octanol–water partition coefficient (Wildman–Crippen LogP) is 3.09. The Balaban J connectivity index is 4.26. The third-order valence-electron chi connectivity index (χ3n) is 1.76. The summed E-state index contributed by atoms with van der Waals surface area (Å²) < 4.78 is 10.5. The van der Waals surface area contributed by atoms with Gasteiger partial charge in [0.05, 0.1) is 14.2 Å². The van der Waals surface area contributed by atoms with Gasteiger partial charge in [-0.2, -0.15) is 0 Å². The van der Waals surface area contributed by atoms with Crippen LogP contribution in [-0.2, 0) is 9.47 Å². The smallest absolute Gasteiger partial charge is 0.133 e. The van der Waals surface area contributed by atoms with E-state index in [1.165, 1.54) is 0 Å². The summed E-state index contributed by atoms with van der Waals surface area (Å²) in [6.45, 7) is 4.27. The van der Waals surface area contributed by atoms with Crippen molar-refractivity contribution in [3.8, 4) is 0 Å². The standard InChI is InChI=1S/C10H20O2/c1-5-7-9(11-3)10(12-4)8-6-2/h5-8H2,1-4H3. The second-order valence-corrected chi connectivity index (χ2v) is 2.75. The summed E-state index contributed by atoms with van der Waals surface area (Å²) in [5.74, 6) is 2.00. The quantitative estimate of drug-likeness (QED) is 0.573. The van der Waals surface area contributed by atoms with Gasteiger partial charge in [-0.15, -0.1) is 0 Å². The lowest BCUT2D eigenvalue weighted by molar-refractivity contribution is 0.203. The molecular weight excluding hydrogens is 152 g/mol. The fourth-order valence-electron chi connectivity index (χ4n) is 1.16. The third kappa shape index (κ3) is 3.65. The lowest BCUT2D eigenvalue weighted by Gasteiger charge is -2.11. The van der Waals surface area contributed by atoms with E-state index in [2.05, 4.69) is 13.8 Å². The van der Waals surface area contributed by atoms with E-state index in [4.69, 9.17) is 9.47 Å². The highest BCUT2D eigenvalue weighted by Gasteiger charge is 2.05. The van der Waals surface area contributed by atoms with E-state index in [1.54, 1.807) is 14.2 Å². The van der Waals surface area contributed by atoms with Crippen molar-refractivity contribution in [2.24, 2.45) is 0 Å². The van der Waals surface area contributed by atoms with E-state index < -0.39 is 0 Å². The second kappa shape index (κ2) is 7.01. The molecular formula is C10H20O2. The Kier molecular flexibility index (Phi) is 6.63. The molecule has 2 nitrogen and oxygen atoms in total. The van der Waals surface area contributed by atoms with E-state index in [-0.39, 0.29) is 0 Å². The maximum absolute atomic E-state index is 5.25. The molecule has 0 heterocycles. The van der Waals surface area contributed by atoms with Crippen molar-refractivity contribution in [1.29, 1.82) is 0 Å². The van der Waals surface area contributed by atoms with Crippen LogP contribution in [0, 0.1) is 0 Å². The highest BCUT2D eigenvalue weighted by Crippen LogP contribution is 2.16. The first kappa shape index (κ1) is 11.3. The summed E-state index contributed by atoms with van der Waals surface area (Å²) in [6.07, 6.45) is 4.14. The SMILES string of the molecule is CCCC(OC)=C(CCC)OC. The molecule has 2 heteroatoms. The van der Waals surface area contributed by atoms with Crippen molar-refractivity contribution >= 4 is 0 Å². The van der Waals surface area contributed by atoms with Crippen LogP contribution >= 0.6 is 0 Å². The van der Waals surface area contributed by atoms with E-state index in [0.29, 0.717) is 0 Å². The molecule has 0 fully saturated rings.